The summed E-state index contributed by atoms with van der Waals surface area (Å²) in [5.74, 6) is -0.380. The smallest absolute Gasteiger partial charge is 0.262 e. The molecule has 0 aliphatic heterocycles. The van der Waals surface area contributed by atoms with Gasteiger partial charge in [0.15, 0.2) is 6.61 Å². The number of nitrogens with one attached hydrogen (secondary N) is 1. The van der Waals surface area contributed by atoms with Crippen molar-refractivity contribution in [1.82, 2.24) is 0 Å². The highest BCUT2D eigenvalue weighted by Crippen LogP contribution is 2.44. The van der Waals surface area contributed by atoms with E-state index in [-0.39, 0.29) is 17.8 Å². The second-order valence-electron chi connectivity index (χ2n) is 8.17. The van der Waals surface area contributed by atoms with Crippen LogP contribution in [0.3, 0.4) is 0 Å². The fourth-order valence-electron chi connectivity index (χ4n) is 3.52. The fourth-order valence-corrected chi connectivity index (χ4v) is 4.87. The molecule has 1 aliphatic rings. The van der Waals surface area contributed by atoms with Crippen molar-refractivity contribution in [3.63, 3.8) is 0 Å². The molecular weight excluding hydrogens is 379 g/mol. The first-order valence-corrected chi connectivity index (χ1v) is 10.1. The summed E-state index contributed by atoms with van der Waals surface area (Å²) in [6, 6.07) is 5.43. The Morgan fingerprint density at radius 3 is 2.57 bits per heavy atom. The van der Waals surface area contributed by atoms with E-state index in [0.717, 1.165) is 29.7 Å². The van der Waals surface area contributed by atoms with Gasteiger partial charge in [-0.1, -0.05) is 20.8 Å². The van der Waals surface area contributed by atoms with Crippen molar-refractivity contribution < 1.29 is 18.7 Å². The average molecular weight is 405 g/mol. The minimum Gasteiger partial charge on any atom is -0.484 e. The van der Waals surface area contributed by atoms with Crippen LogP contribution in [0, 0.1) is 17.2 Å². The Balaban J connectivity index is 1.73. The van der Waals surface area contributed by atoms with E-state index in [2.05, 4.69) is 26.1 Å². The molecule has 1 atom stereocenters. The summed E-state index contributed by atoms with van der Waals surface area (Å²) in [5.41, 5.74) is 7.17. The third-order valence-corrected chi connectivity index (χ3v) is 6.34. The maximum absolute atomic E-state index is 12.9. The predicted molar refractivity (Wildman–Crippen MR) is 108 cm³/mol. The van der Waals surface area contributed by atoms with E-state index in [0.29, 0.717) is 22.2 Å². The maximum Gasteiger partial charge on any atom is 0.262 e. The lowest BCUT2D eigenvalue weighted by molar-refractivity contribution is -0.118. The van der Waals surface area contributed by atoms with Gasteiger partial charge in [-0.2, -0.15) is 0 Å². The Morgan fingerprint density at radius 1 is 1.29 bits per heavy atom. The second kappa shape index (κ2) is 7.91. The molecule has 150 valence electrons. The van der Waals surface area contributed by atoms with Gasteiger partial charge in [0.2, 0.25) is 0 Å². The van der Waals surface area contributed by atoms with Crippen molar-refractivity contribution in [2.24, 2.45) is 17.1 Å². The highest BCUT2D eigenvalue weighted by Gasteiger charge is 2.33. The van der Waals surface area contributed by atoms with E-state index in [1.54, 1.807) is 0 Å². The van der Waals surface area contributed by atoms with Crippen LogP contribution in [0.5, 0.6) is 5.75 Å². The molecule has 5 nitrogen and oxygen atoms in total. The zero-order chi connectivity index (χ0) is 20.5. The van der Waals surface area contributed by atoms with Crippen LogP contribution in [-0.4, -0.2) is 18.4 Å². The molecule has 1 aromatic heterocycles. The Kier molecular flexibility index (Phi) is 5.74. The van der Waals surface area contributed by atoms with Gasteiger partial charge in [-0.15, -0.1) is 11.3 Å². The molecule has 1 unspecified atom stereocenters. The van der Waals surface area contributed by atoms with E-state index >= 15 is 0 Å². The molecule has 1 aliphatic carbocycles. The molecule has 0 radical (unpaired) electrons. The van der Waals surface area contributed by atoms with Gasteiger partial charge in [0.05, 0.1) is 5.56 Å². The summed E-state index contributed by atoms with van der Waals surface area (Å²) in [6.45, 7) is 6.43. The van der Waals surface area contributed by atoms with Crippen molar-refractivity contribution in [3.05, 3.63) is 46.1 Å². The number of hydrogen-bond acceptors (Lipinski definition) is 4. The number of thiophene rings is 1. The van der Waals surface area contributed by atoms with Gasteiger partial charge >= 0.3 is 0 Å². The van der Waals surface area contributed by atoms with Gasteiger partial charge in [-0.25, -0.2) is 4.39 Å². The number of hydrogen-bond donors (Lipinski definition) is 2. The summed E-state index contributed by atoms with van der Waals surface area (Å²) in [4.78, 5) is 25.5. The summed E-state index contributed by atoms with van der Waals surface area (Å²) >= 11 is 1.42. The van der Waals surface area contributed by atoms with Gasteiger partial charge in [0.25, 0.3) is 11.8 Å². The van der Waals surface area contributed by atoms with E-state index in [4.69, 9.17) is 10.5 Å². The van der Waals surface area contributed by atoms with Crippen LogP contribution >= 0.6 is 11.3 Å². The third-order valence-electron chi connectivity index (χ3n) is 5.17. The van der Waals surface area contributed by atoms with Crippen LogP contribution in [0.2, 0.25) is 0 Å². The number of halogens is 1. The molecule has 2 amide bonds. The number of carbonyl (C=O) groups excluding carboxylic acids is 2. The quantitative estimate of drug-likeness (QED) is 0.785. The third kappa shape index (κ3) is 4.52. The van der Waals surface area contributed by atoms with Crippen LogP contribution in [0.25, 0.3) is 0 Å². The Morgan fingerprint density at radius 2 is 1.96 bits per heavy atom. The molecule has 0 spiro atoms. The number of anilines is 1. The van der Waals surface area contributed by atoms with Gasteiger partial charge in [0.1, 0.15) is 16.6 Å². The first-order valence-electron chi connectivity index (χ1n) is 9.27. The minimum atomic E-state index is -0.526. The first kappa shape index (κ1) is 20.3. The van der Waals surface area contributed by atoms with Crippen LogP contribution in [-0.2, 0) is 17.6 Å². The minimum absolute atomic E-state index is 0.182. The first-order chi connectivity index (χ1) is 13.1. The SMILES string of the molecule is CC(C)(C)C1CCc2c(sc(NC(=O)COc3ccc(F)cc3)c2C(N)=O)C1. The van der Waals surface area contributed by atoms with Gasteiger partial charge < -0.3 is 15.8 Å². The number of ether oxygens (including phenoxy) is 1. The molecule has 0 saturated heterocycles. The van der Waals surface area contributed by atoms with Gasteiger partial charge in [-0.05, 0) is 60.4 Å². The molecule has 3 rings (SSSR count). The number of primary amides is 1. The molecule has 0 bridgehead atoms. The molecular formula is C21H25FN2O3S. The van der Waals surface area contributed by atoms with Crippen molar-refractivity contribution in [2.45, 2.75) is 40.0 Å². The molecule has 1 aromatic carbocycles. The average Bonchev–Trinajstić information content (AvgIpc) is 2.97. The standard InChI is InChI=1S/C21H25FN2O3S/c1-21(2,3)12-4-9-15-16(10-12)28-20(18(15)19(23)26)24-17(25)11-27-14-7-5-13(22)6-8-14/h5-8,12H,4,9-11H2,1-3H3,(H2,23,26)(H,24,25). The molecule has 1 heterocycles. The van der Waals surface area contributed by atoms with E-state index in [9.17, 15) is 14.0 Å². The van der Waals surface area contributed by atoms with Crippen molar-refractivity contribution in [3.8, 4) is 5.75 Å². The zero-order valence-electron chi connectivity index (χ0n) is 16.3. The van der Waals surface area contributed by atoms with Crippen molar-refractivity contribution >= 4 is 28.2 Å². The van der Waals surface area contributed by atoms with Gasteiger partial charge in [0, 0.05) is 4.88 Å². The second-order valence-corrected chi connectivity index (χ2v) is 9.27. The monoisotopic (exact) mass is 404 g/mol. The van der Waals surface area contributed by atoms with E-state index in [1.165, 1.54) is 35.6 Å². The molecule has 0 fully saturated rings. The molecule has 0 saturated carbocycles. The van der Waals surface area contributed by atoms with E-state index < -0.39 is 11.8 Å². The number of rotatable bonds is 5. The molecule has 3 N–H and O–H groups in total. The lowest BCUT2D eigenvalue weighted by Crippen LogP contribution is -2.27. The van der Waals surface area contributed by atoms with Crippen LogP contribution < -0.4 is 15.8 Å². The van der Waals surface area contributed by atoms with Crippen molar-refractivity contribution in [2.75, 3.05) is 11.9 Å². The Bertz CT molecular complexity index is 884. The molecule has 7 heteroatoms. The zero-order valence-corrected chi connectivity index (χ0v) is 17.1. The maximum atomic E-state index is 12.9. The Hall–Kier alpha value is -2.41. The topological polar surface area (TPSA) is 81.4 Å². The number of benzene rings is 1. The lowest BCUT2D eigenvalue weighted by Gasteiger charge is -2.33. The highest BCUT2D eigenvalue weighted by atomic mass is 32.1. The largest absolute Gasteiger partial charge is 0.484 e. The lowest BCUT2D eigenvalue weighted by atomic mass is 9.72. The van der Waals surface area contributed by atoms with Crippen LogP contribution in [0.1, 0.15) is 48.0 Å². The van der Waals surface area contributed by atoms with Crippen LogP contribution in [0.15, 0.2) is 24.3 Å². The fraction of sp³-hybridized carbons (Fsp3) is 0.429. The summed E-state index contributed by atoms with van der Waals surface area (Å²) in [7, 11) is 0. The van der Waals surface area contributed by atoms with E-state index in [1.807, 2.05) is 0 Å². The summed E-state index contributed by atoms with van der Waals surface area (Å²) < 4.78 is 18.3. The number of amides is 2. The highest BCUT2D eigenvalue weighted by molar-refractivity contribution is 7.17. The predicted octanol–water partition coefficient (Wildman–Crippen LogP) is 4.15. The van der Waals surface area contributed by atoms with Gasteiger partial charge in [-0.3, -0.25) is 9.59 Å². The van der Waals surface area contributed by atoms with Crippen LogP contribution in [0.4, 0.5) is 9.39 Å². The summed E-state index contributed by atoms with van der Waals surface area (Å²) in [6.07, 6.45) is 2.66. The number of nitrogens with two attached hydrogens (primary N) is 1. The Labute approximate surface area is 168 Å². The molecule has 28 heavy (non-hydrogen) atoms. The number of carbonyl (C=O) groups is 2. The van der Waals surface area contributed by atoms with Crippen molar-refractivity contribution in [1.29, 1.82) is 0 Å². The number of fused-ring (bicyclic) bond motifs is 1. The molecule has 2 aromatic rings. The summed E-state index contributed by atoms with van der Waals surface area (Å²) in [5, 5.41) is 3.25. The normalized spacial score (nSPS) is 16.4.